The molecule has 62 heavy (non-hydrogen) atoms. The second kappa shape index (κ2) is 28.3. The van der Waals surface area contributed by atoms with Crippen LogP contribution in [0.25, 0.3) is 0 Å². The van der Waals surface area contributed by atoms with Gasteiger partial charge in [-0.2, -0.15) is 0 Å². The van der Waals surface area contributed by atoms with E-state index in [4.69, 9.17) is 30.6 Å². The SMILES string of the molecule is O=C(O)c1ccccc1C(=O)O.O=C(O)c1ccccc1C(=O)O.O=C([O-])c1ccccc1C(=O)O.O=C([O-])c1ccccc1C(=O)O.O=C([O-])c1ccccc1C(=O)[O-].[Np].[Np]. The van der Waals surface area contributed by atoms with E-state index in [1.807, 2.05) is 0 Å². The van der Waals surface area contributed by atoms with Gasteiger partial charge >= 0.3 is 35.8 Å². The van der Waals surface area contributed by atoms with Crippen molar-refractivity contribution in [2.45, 2.75) is 0 Å². The van der Waals surface area contributed by atoms with Crippen LogP contribution in [0.2, 0.25) is 0 Å². The maximum atomic E-state index is 10.5. The second-order valence-corrected chi connectivity index (χ2v) is 10.7. The first-order chi connectivity index (χ1) is 28.1. The molecule has 0 aliphatic carbocycles. The fraction of sp³-hybridized carbons (Fsp3) is 0. The van der Waals surface area contributed by atoms with Crippen molar-refractivity contribution in [3.05, 3.63) is 177 Å². The van der Waals surface area contributed by atoms with Gasteiger partial charge in [0.1, 0.15) is 0 Å². The van der Waals surface area contributed by atoms with Crippen molar-refractivity contribution in [2.24, 2.45) is 0 Å². The van der Waals surface area contributed by atoms with Crippen LogP contribution in [0.1, 0.15) is 104 Å². The molecule has 0 aliphatic heterocycles. The molecule has 0 spiro atoms. The molecule has 6 N–H and O–H groups in total. The maximum Gasteiger partial charge on any atom is 0.336 e. The summed E-state index contributed by atoms with van der Waals surface area (Å²) in [6, 6.07) is 26.7. The Morgan fingerprint density at radius 2 is 0.339 bits per heavy atom. The number of carboxylic acids is 10. The van der Waals surface area contributed by atoms with Crippen molar-refractivity contribution in [2.75, 3.05) is 0 Å². The molecule has 0 heterocycles. The van der Waals surface area contributed by atoms with E-state index in [1.54, 1.807) is 0 Å². The quantitative estimate of drug-likeness (QED) is 0.108. The monoisotopic (exact) mass is 1300 g/mol. The van der Waals surface area contributed by atoms with E-state index in [-0.39, 0.29) is 116 Å². The molecular weight excluding hydrogens is 1270 g/mol. The summed E-state index contributed by atoms with van der Waals surface area (Å²) in [4.78, 5) is 104. The van der Waals surface area contributed by atoms with Crippen molar-refractivity contribution >= 4 is 59.7 Å². The number of hydrogen-bond donors (Lipinski definition) is 6. The predicted octanol–water partition coefficient (Wildman–Crippen LogP) is 0.0762. The predicted molar refractivity (Wildman–Crippen MR) is 191 cm³/mol. The summed E-state index contributed by atoms with van der Waals surface area (Å²) < 4.78 is 0. The van der Waals surface area contributed by atoms with Crippen LogP contribution in [0.5, 0.6) is 0 Å². The first-order valence-electron chi connectivity index (χ1n) is 15.8. The topological polar surface area (TPSA) is 384 Å². The number of rotatable bonds is 10. The van der Waals surface area contributed by atoms with Crippen molar-refractivity contribution in [3.63, 3.8) is 0 Å². The van der Waals surface area contributed by atoms with E-state index in [0.717, 1.165) is 12.1 Å². The Labute approximate surface area is 392 Å². The van der Waals surface area contributed by atoms with Gasteiger partial charge in [0.15, 0.2) is 0 Å². The Balaban J connectivity index is 0. The molecule has 0 fully saturated rings. The summed E-state index contributed by atoms with van der Waals surface area (Å²) in [7, 11) is 0. The zero-order chi connectivity index (χ0) is 45.7. The van der Waals surface area contributed by atoms with Gasteiger partial charge < -0.3 is 70.2 Å². The fourth-order valence-electron chi connectivity index (χ4n) is 4.25. The summed E-state index contributed by atoms with van der Waals surface area (Å²) in [6.45, 7) is 0. The molecule has 0 bridgehead atoms. The molecular formula is C40H26Np2O20-4. The summed E-state index contributed by atoms with van der Waals surface area (Å²) in [5, 5.41) is 92.6. The van der Waals surface area contributed by atoms with Gasteiger partial charge in [-0.05, 0) is 36.4 Å². The normalized spacial score (nSPS) is 9.03. The minimum atomic E-state index is -1.52. The molecule has 0 unspecified atom stereocenters. The molecule has 0 saturated heterocycles. The van der Waals surface area contributed by atoms with Gasteiger partial charge in [0, 0.05) is 82.1 Å². The van der Waals surface area contributed by atoms with E-state index in [2.05, 4.69) is 0 Å². The third-order valence-electron chi connectivity index (χ3n) is 6.90. The number of carboxylic acid groups (broad SMARTS) is 10. The number of aromatic carboxylic acids is 10. The molecule has 320 valence electrons. The minimum Gasteiger partial charge on any atom is -0.545 e. The molecule has 20 nitrogen and oxygen atoms in total. The van der Waals surface area contributed by atoms with Crippen LogP contribution >= 0.6 is 0 Å². The second-order valence-electron chi connectivity index (χ2n) is 10.7. The molecule has 5 aromatic rings. The van der Waals surface area contributed by atoms with E-state index < -0.39 is 59.7 Å². The average Bonchev–Trinajstić information content (AvgIpc) is 3.21. The molecule has 0 aliphatic rings. The third-order valence-corrected chi connectivity index (χ3v) is 6.90. The van der Waals surface area contributed by atoms with E-state index >= 15 is 0 Å². The van der Waals surface area contributed by atoms with Crippen molar-refractivity contribution in [3.8, 4) is 0 Å². The third kappa shape index (κ3) is 18.4. The van der Waals surface area contributed by atoms with Gasteiger partial charge in [-0.15, -0.1) is 0 Å². The van der Waals surface area contributed by atoms with Crippen molar-refractivity contribution < 1.29 is 159 Å². The molecule has 0 saturated carbocycles. The van der Waals surface area contributed by atoms with Gasteiger partial charge in [-0.25, -0.2) is 28.8 Å². The first kappa shape index (κ1) is 56.9. The number of carbonyl (C=O) groups is 10. The molecule has 0 atom stereocenters. The summed E-state index contributed by atoms with van der Waals surface area (Å²) in [5.74, 6) is -13.4. The van der Waals surface area contributed by atoms with Crippen LogP contribution in [0.15, 0.2) is 121 Å². The van der Waals surface area contributed by atoms with E-state index in [9.17, 15) is 68.4 Å². The smallest absolute Gasteiger partial charge is 0.336 e. The van der Waals surface area contributed by atoms with Crippen LogP contribution in [-0.4, -0.2) is 90.3 Å². The van der Waals surface area contributed by atoms with E-state index in [1.165, 1.54) is 109 Å². The number of hydrogen-bond acceptors (Lipinski definition) is 14. The maximum absolute atomic E-state index is 10.5. The molecule has 22 heteroatoms. The van der Waals surface area contributed by atoms with Gasteiger partial charge in [0.25, 0.3) is 0 Å². The van der Waals surface area contributed by atoms with Crippen molar-refractivity contribution in [1.29, 1.82) is 0 Å². The van der Waals surface area contributed by atoms with Gasteiger partial charge in [-0.1, -0.05) is 84.9 Å². The van der Waals surface area contributed by atoms with Crippen LogP contribution in [0.3, 0.4) is 0 Å². The standard InChI is InChI=1S/5C8H6O4.2Np/c5*9-7(10)5-3-1-2-4-6(5)8(11)12;;/h5*1-4H,(H,9,10)(H,11,12);;/p-4. The Morgan fingerprint density at radius 1 is 0.242 bits per heavy atom. The largest absolute Gasteiger partial charge is 0.545 e. The molecule has 5 aromatic carbocycles. The van der Waals surface area contributed by atoms with E-state index in [0.29, 0.717) is 0 Å². The van der Waals surface area contributed by atoms with Crippen LogP contribution in [-0.2, 0) is 0 Å². The summed E-state index contributed by atoms with van der Waals surface area (Å²) in [6.07, 6.45) is 0. The molecule has 2 radical (unpaired) electrons. The summed E-state index contributed by atoms with van der Waals surface area (Å²) >= 11 is 0. The number of carbonyl (C=O) groups excluding carboxylic acids is 4. The molecule has 0 amide bonds. The Morgan fingerprint density at radius 3 is 0.435 bits per heavy atom. The van der Waals surface area contributed by atoms with Gasteiger partial charge in [0.05, 0.1) is 57.3 Å². The zero-order valence-electron chi connectivity index (χ0n) is 30.8. The van der Waals surface area contributed by atoms with Crippen molar-refractivity contribution in [1.82, 2.24) is 0 Å². The average molecular weight is 1300 g/mol. The Bertz CT molecular complexity index is 1890. The number of benzene rings is 5. The fourth-order valence-corrected chi connectivity index (χ4v) is 4.25. The molecule has 0 aromatic heterocycles. The van der Waals surface area contributed by atoms with Crippen LogP contribution in [0, 0.1) is 59.9 Å². The zero-order valence-corrected chi connectivity index (χ0v) is 38.3. The molecule has 5 rings (SSSR count). The summed E-state index contributed by atoms with van der Waals surface area (Å²) in [5.41, 5.74) is -2.59. The van der Waals surface area contributed by atoms with Gasteiger partial charge in [-0.3, -0.25) is 0 Å². The first-order valence-corrected chi connectivity index (χ1v) is 15.8. The Hall–Kier alpha value is -7.17. The Kier molecular flexibility index (Phi) is 26.0. The van der Waals surface area contributed by atoms with Gasteiger partial charge in [0.2, 0.25) is 0 Å². The van der Waals surface area contributed by atoms with Crippen LogP contribution < -0.4 is 20.4 Å². The van der Waals surface area contributed by atoms with Crippen LogP contribution in [0.4, 0.5) is 0 Å². The minimum absolute atomic E-state index is 0.